The van der Waals surface area contributed by atoms with Gasteiger partial charge in [-0.1, -0.05) is 36.0 Å². The molecule has 0 aliphatic heterocycles. The van der Waals surface area contributed by atoms with E-state index in [1.54, 1.807) is 31.0 Å². The maximum absolute atomic E-state index is 10.9. The molecule has 6 nitrogen and oxygen atoms in total. The fraction of sp³-hybridized carbons (Fsp3) is 0.211. The van der Waals surface area contributed by atoms with Gasteiger partial charge in [0.25, 0.3) is 0 Å². The third-order valence-electron chi connectivity index (χ3n) is 3.95. The van der Waals surface area contributed by atoms with Crippen molar-refractivity contribution in [1.29, 1.82) is 0 Å². The van der Waals surface area contributed by atoms with Crippen molar-refractivity contribution in [3.8, 4) is 17.1 Å². The number of hydrogen-bond donors (Lipinski definition) is 1. The van der Waals surface area contributed by atoms with Crippen LogP contribution in [0.25, 0.3) is 11.4 Å². The number of thioether (sulfide) groups is 1. The number of aromatic nitrogens is 3. The first-order valence-corrected chi connectivity index (χ1v) is 9.14. The summed E-state index contributed by atoms with van der Waals surface area (Å²) in [6.45, 7) is 2.79. The van der Waals surface area contributed by atoms with Gasteiger partial charge in [-0.2, -0.15) is 0 Å². The topological polar surface area (TPSA) is 77.2 Å². The van der Waals surface area contributed by atoms with Crippen LogP contribution in [0.5, 0.6) is 5.75 Å². The van der Waals surface area contributed by atoms with Gasteiger partial charge in [0.05, 0.1) is 18.2 Å². The van der Waals surface area contributed by atoms with Crippen LogP contribution in [0, 0.1) is 0 Å². The molecule has 0 unspecified atom stereocenters. The summed E-state index contributed by atoms with van der Waals surface area (Å²) >= 11 is 1.57. The third-order valence-corrected chi connectivity index (χ3v) is 4.99. The van der Waals surface area contributed by atoms with Crippen LogP contribution in [-0.4, -0.2) is 33.0 Å². The van der Waals surface area contributed by atoms with Gasteiger partial charge in [0.2, 0.25) is 0 Å². The monoisotopic (exact) mass is 369 g/mol. The first kappa shape index (κ1) is 18.0. The lowest BCUT2D eigenvalue weighted by Gasteiger charge is -2.10. The van der Waals surface area contributed by atoms with Crippen molar-refractivity contribution < 1.29 is 14.6 Å². The quantitative estimate of drug-likeness (QED) is 0.635. The Morgan fingerprint density at radius 2 is 1.88 bits per heavy atom. The van der Waals surface area contributed by atoms with E-state index in [0.29, 0.717) is 5.75 Å². The van der Waals surface area contributed by atoms with E-state index in [0.717, 1.165) is 34.4 Å². The molecule has 3 rings (SSSR count). The molecule has 1 N–H and O–H groups in total. The van der Waals surface area contributed by atoms with Gasteiger partial charge in [0.1, 0.15) is 5.75 Å². The Labute approximate surface area is 155 Å². The van der Waals surface area contributed by atoms with Crippen molar-refractivity contribution in [3.05, 3.63) is 59.7 Å². The third kappa shape index (κ3) is 3.72. The van der Waals surface area contributed by atoms with Crippen molar-refractivity contribution in [1.82, 2.24) is 14.8 Å². The van der Waals surface area contributed by atoms with Crippen molar-refractivity contribution >= 4 is 17.7 Å². The second-order valence-corrected chi connectivity index (χ2v) is 6.48. The summed E-state index contributed by atoms with van der Waals surface area (Å²) in [5.74, 6) is 1.30. The average molecular weight is 369 g/mol. The van der Waals surface area contributed by atoms with Crippen LogP contribution in [0.2, 0.25) is 0 Å². The zero-order valence-corrected chi connectivity index (χ0v) is 15.4. The Hall–Kier alpha value is -2.80. The molecule has 2 aromatic carbocycles. The van der Waals surface area contributed by atoms with E-state index in [1.165, 1.54) is 0 Å². The molecule has 0 saturated heterocycles. The van der Waals surface area contributed by atoms with Crippen LogP contribution in [0.3, 0.4) is 0 Å². The second kappa shape index (κ2) is 8.05. The van der Waals surface area contributed by atoms with Crippen LogP contribution in [-0.2, 0) is 12.3 Å². The molecule has 0 spiro atoms. The molecule has 26 heavy (non-hydrogen) atoms. The predicted octanol–water partition coefficient (Wildman–Crippen LogP) is 3.96. The van der Waals surface area contributed by atoms with E-state index in [2.05, 4.69) is 10.2 Å². The fourth-order valence-corrected chi connectivity index (χ4v) is 3.56. The number of rotatable bonds is 7. The summed E-state index contributed by atoms with van der Waals surface area (Å²) in [4.78, 5) is 10.9. The Bertz CT molecular complexity index is 907. The molecule has 0 aliphatic carbocycles. The number of carboxylic acid groups (broad SMARTS) is 1. The lowest BCUT2D eigenvalue weighted by atomic mass is 10.1. The molecular formula is C19H19N3O3S. The lowest BCUT2D eigenvalue weighted by Crippen LogP contribution is -2.01. The number of hydrogen-bond acceptors (Lipinski definition) is 5. The van der Waals surface area contributed by atoms with Crippen LogP contribution in [0.4, 0.5) is 0 Å². The molecule has 1 aromatic heterocycles. The normalized spacial score (nSPS) is 10.7. The van der Waals surface area contributed by atoms with Crippen LogP contribution in [0.15, 0.2) is 53.7 Å². The van der Waals surface area contributed by atoms with E-state index >= 15 is 0 Å². The van der Waals surface area contributed by atoms with E-state index in [-0.39, 0.29) is 5.56 Å². The zero-order chi connectivity index (χ0) is 18.5. The molecular weight excluding hydrogens is 350 g/mol. The molecule has 0 radical (unpaired) electrons. The highest BCUT2D eigenvalue weighted by atomic mass is 32.2. The highest BCUT2D eigenvalue weighted by Gasteiger charge is 2.16. The predicted molar refractivity (Wildman–Crippen MR) is 101 cm³/mol. The van der Waals surface area contributed by atoms with Crippen molar-refractivity contribution in [3.63, 3.8) is 0 Å². The largest absolute Gasteiger partial charge is 0.496 e. The number of carbonyl (C=O) groups is 1. The van der Waals surface area contributed by atoms with Crippen molar-refractivity contribution in [2.75, 3.05) is 7.11 Å². The van der Waals surface area contributed by atoms with Crippen molar-refractivity contribution in [2.24, 2.45) is 0 Å². The number of aromatic carboxylic acids is 1. The molecule has 3 aromatic rings. The minimum absolute atomic E-state index is 0.286. The van der Waals surface area contributed by atoms with Gasteiger partial charge in [-0.15, -0.1) is 10.2 Å². The van der Waals surface area contributed by atoms with Crippen LogP contribution >= 0.6 is 11.8 Å². The van der Waals surface area contributed by atoms with Gasteiger partial charge in [-0.25, -0.2) is 4.79 Å². The first-order valence-electron chi connectivity index (χ1n) is 8.15. The number of ether oxygens (including phenoxy) is 1. The molecule has 7 heteroatoms. The standard InChI is InChI=1S/C19H19N3O3S/c1-3-22-17(15-6-4-5-7-16(15)25-2)20-21-19(22)26-12-13-8-10-14(11-9-13)18(23)24/h4-11H,3,12H2,1-2H3,(H,23,24). The molecule has 0 fully saturated rings. The summed E-state index contributed by atoms with van der Waals surface area (Å²) in [6.07, 6.45) is 0. The Morgan fingerprint density at radius 1 is 1.15 bits per heavy atom. The van der Waals surface area contributed by atoms with E-state index < -0.39 is 5.97 Å². The Balaban J connectivity index is 1.81. The average Bonchev–Trinajstić information content (AvgIpc) is 3.09. The molecule has 0 amide bonds. The van der Waals surface area contributed by atoms with Gasteiger partial charge < -0.3 is 14.4 Å². The summed E-state index contributed by atoms with van der Waals surface area (Å²) in [5, 5.41) is 18.5. The molecule has 1 heterocycles. The highest BCUT2D eigenvalue weighted by molar-refractivity contribution is 7.98. The van der Waals surface area contributed by atoms with E-state index in [1.807, 2.05) is 47.9 Å². The lowest BCUT2D eigenvalue weighted by molar-refractivity contribution is 0.0697. The fourth-order valence-electron chi connectivity index (χ4n) is 2.60. The van der Waals surface area contributed by atoms with Gasteiger partial charge >= 0.3 is 5.97 Å². The number of para-hydroxylation sites is 1. The van der Waals surface area contributed by atoms with Gasteiger partial charge in [0.15, 0.2) is 11.0 Å². The van der Waals surface area contributed by atoms with Gasteiger partial charge in [-0.3, -0.25) is 0 Å². The van der Waals surface area contributed by atoms with Crippen LogP contribution in [0.1, 0.15) is 22.8 Å². The number of nitrogens with zero attached hydrogens (tertiary/aromatic N) is 3. The minimum Gasteiger partial charge on any atom is -0.496 e. The maximum Gasteiger partial charge on any atom is 0.335 e. The molecule has 0 saturated carbocycles. The van der Waals surface area contributed by atoms with Gasteiger partial charge in [-0.05, 0) is 36.8 Å². The molecule has 0 bridgehead atoms. The molecule has 0 atom stereocenters. The summed E-state index contributed by atoms with van der Waals surface area (Å²) in [5.41, 5.74) is 2.22. The Morgan fingerprint density at radius 3 is 2.54 bits per heavy atom. The van der Waals surface area contributed by atoms with Gasteiger partial charge in [0, 0.05) is 12.3 Å². The smallest absolute Gasteiger partial charge is 0.335 e. The maximum atomic E-state index is 10.9. The molecule has 134 valence electrons. The summed E-state index contributed by atoms with van der Waals surface area (Å²) < 4.78 is 7.48. The SMILES string of the molecule is CCn1c(SCc2ccc(C(=O)O)cc2)nnc1-c1ccccc1OC. The summed E-state index contributed by atoms with van der Waals surface area (Å²) in [7, 11) is 1.64. The van der Waals surface area contributed by atoms with E-state index in [4.69, 9.17) is 9.84 Å². The first-order chi connectivity index (χ1) is 12.6. The van der Waals surface area contributed by atoms with Crippen molar-refractivity contribution in [2.45, 2.75) is 24.4 Å². The number of benzene rings is 2. The number of methoxy groups -OCH3 is 1. The second-order valence-electron chi connectivity index (χ2n) is 5.54. The van der Waals surface area contributed by atoms with Crippen LogP contribution < -0.4 is 4.74 Å². The highest BCUT2D eigenvalue weighted by Crippen LogP contribution is 2.31. The van der Waals surface area contributed by atoms with E-state index in [9.17, 15) is 4.79 Å². The minimum atomic E-state index is -0.920. The summed E-state index contributed by atoms with van der Waals surface area (Å²) in [6, 6.07) is 14.6. The molecule has 0 aliphatic rings. The number of carboxylic acids is 1. The Kier molecular flexibility index (Phi) is 5.58. The zero-order valence-electron chi connectivity index (χ0n) is 14.5.